The molecule has 3 rings (SSSR count). The maximum Gasteiger partial charge on any atom is 0.339 e. The molecule has 1 atom stereocenters. The molecule has 154 valence electrons. The van der Waals surface area contributed by atoms with Crippen LogP contribution in [0.15, 0.2) is 33.7 Å². The highest BCUT2D eigenvalue weighted by Gasteiger charge is 2.22. The number of rotatable bonds is 6. The molecule has 7 heteroatoms. The van der Waals surface area contributed by atoms with Crippen molar-refractivity contribution in [1.82, 2.24) is 14.7 Å². The van der Waals surface area contributed by atoms with Crippen LogP contribution < -0.4 is 10.4 Å². The number of benzene rings is 1. The summed E-state index contributed by atoms with van der Waals surface area (Å²) in [5, 5.41) is 4.96. The van der Waals surface area contributed by atoms with Crippen LogP contribution in [0.4, 0.5) is 0 Å². The van der Waals surface area contributed by atoms with Crippen LogP contribution >= 0.6 is 0 Å². The van der Waals surface area contributed by atoms with Crippen molar-refractivity contribution >= 4 is 16.9 Å². The zero-order chi connectivity index (χ0) is 21.3. The average Bonchev–Trinajstić information content (AvgIpc) is 3.12. The van der Waals surface area contributed by atoms with E-state index in [2.05, 4.69) is 5.10 Å². The van der Waals surface area contributed by atoms with E-state index in [1.807, 2.05) is 37.7 Å². The van der Waals surface area contributed by atoms with Gasteiger partial charge >= 0.3 is 5.63 Å². The molecule has 0 spiro atoms. The first kappa shape index (κ1) is 20.6. The van der Waals surface area contributed by atoms with Crippen molar-refractivity contribution in [2.75, 3.05) is 7.05 Å². The van der Waals surface area contributed by atoms with Crippen molar-refractivity contribution in [3.63, 3.8) is 0 Å². The maximum absolute atomic E-state index is 12.9. The van der Waals surface area contributed by atoms with Crippen molar-refractivity contribution < 1.29 is 13.9 Å². The molecule has 0 aliphatic rings. The van der Waals surface area contributed by atoms with Gasteiger partial charge in [0.15, 0.2) is 6.10 Å². The first-order chi connectivity index (χ1) is 13.7. The second-order valence-electron chi connectivity index (χ2n) is 7.43. The fourth-order valence-electron chi connectivity index (χ4n) is 3.35. The molecule has 7 nitrogen and oxygen atoms in total. The third-order valence-corrected chi connectivity index (χ3v) is 5.11. The molecule has 2 heterocycles. The monoisotopic (exact) mass is 397 g/mol. The molecule has 0 N–H and O–H groups in total. The summed E-state index contributed by atoms with van der Waals surface area (Å²) in [4.78, 5) is 26.5. The number of likely N-dealkylation sites (N-methyl/N-ethyl adjacent to an activating group) is 1. The Bertz CT molecular complexity index is 1110. The van der Waals surface area contributed by atoms with E-state index in [0.717, 1.165) is 28.6 Å². The number of fused-ring (bicyclic) bond motifs is 1. The molecule has 2 aromatic heterocycles. The quantitative estimate of drug-likeness (QED) is 0.596. The van der Waals surface area contributed by atoms with E-state index < -0.39 is 6.10 Å². The van der Waals surface area contributed by atoms with E-state index in [0.29, 0.717) is 23.4 Å². The number of amides is 1. The zero-order valence-corrected chi connectivity index (χ0v) is 17.8. The maximum atomic E-state index is 12.9. The number of aryl methyl sites for hydroxylation is 3. The van der Waals surface area contributed by atoms with Crippen LogP contribution in [0.1, 0.15) is 36.1 Å². The van der Waals surface area contributed by atoms with Crippen molar-refractivity contribution in [2.45, 2.75) is 53.8 Å². The Morgan fingerprint density at radius 1 is 1.28 bits per heavy atom. The van der Waals surface area contributed by atoms with Gasteiger partial charge < -0.3 is 14.1 Å². The van der Waals surface area contributed by atoms with Gasteiger partial charge in [-0.05, 0) is 57.9 Å². The number of hydrogen-bond acceptors (Lipinski definition) is 5. The predicted octanol–water partition coefficient (Wildman–Crippen LogP) is 3.36. The SMILES string of the molecule is CCn1cc(CN(C)C(=O)C(C)Oc2cc(C)cc3oc(=O)c(C)c(C)c23)cn1. The molecule has 0 radical (unpaired) electrons. The summed E-state index contributed by atoms with van der Waals surface area (Å²) < 4.78 is 13.3. The van der Waals surface area contributed by atoms with E-state index in [-0.39, 0.29) is 11.5 Å². The molecule has 1 unspecified atom stereocenters. The van der Waals surface area contributed by atoms with E-state index in [1.54, 1.807) is 38.1 Å². The van der Waals surface area contributed by atoms with E-state index in [4.69, 9.17) is 9.15 Å². The standard InChI is InChI=1S/C22H27N3O4/c1-7-25-12-17(10-23-25)11-24(6)21(26)16(5)28-18-8-13(2)9-19-20(18)14(3)15(4)22(27)29-19/h8-10,12,16H,7,11H2,1-6H3. The first-order valence-electron chi connectivity index (χ1n) is 9.68. The van der Waals surface area contributed by atoms with Gasteiger partial charge in [-0.1, -0.05) is 0 Å². The van der Waals surface area contributed by atoms with Gasteiger partial charge in [0.1, 0.15) is 11.3 Å². The molecular formula is C22H27N3O4. The van der Waals surface area contributed by atoms with Gasteiger partial charge in [-0.15, -0.1) is 0 Å². The number of carbonyl (C=O) groups is 1. The third-order valence-electron chi connectivity index (χ3n) is 5.11. The fourth-order valence-corrected chi connectivity index (χ4v) is 3.35. The van der Waals surface area contributed by atoms with Crippen LogP contribution in [0.5, 0.6) is 5.75 Å². The summed E-state index contributed by atoms with van der Waals surface area (Å²) in [5.41, 5.74) is 3.29. The number of carbonyl (C=O) groups excluding carboxylic acids is 1. The second-order valence-corrected chi connectivity index (χ2v) is 7.43. The van der Waals surface area contributed by atoms with Crippen LogP contribution in [0.3, 0.4) is 0 Å². The Balaban J connectivity index is 1.85. The lowest BCUT2D eigenvalue weighted by Gasteiger charge is -2.23. The van der Waals surface area contributed by atoms with Gasteiger partial charge in [0.2, 0.25) is 0 Å². The lowest BCUT2D eigenvalue weighted by molar-refractivity contribution is -0.137. The lowest BCUT2D eigenvalue weighted by Crippen LogP contribution is -2.37. The second kappa shape index (κ2) is 8.11. The molecule has 0 aliphatic heterocycles. The summed E-state index contributed by atoms with van der Waals surface area (Å²) in [5.74, 6) is 0.396. The Kier molecular flexibility index (Phi) is 5.77. The molecule has 0 bridgehead atoms. The van der Waals surface area contributed by atoms with Gasteiger partial charge in [-0.3, -0.25) is 9.48 Å². The Labute approximate surface area is 169 Å². The predicted molar refractivity (Wildman–Crippen MR) is 111 cm³/mol. The van der Waals surface area contributed by atoms with Crippen LogP contribution in [0.25, 0.3) is 11.0 Å². The summed E-state index contributed by atoms with van der Waals surface area (Å²) in [7, 11) is 1.74. The van der Waals surface area contributed by atoms with Gasteiger partial charge in [0.05, 0.1) is 11.6 Å². The minimum atomic E-state index is -0.696. The summed E-state index contributed by atoms with van der Waals surface area (Å²) in [6.45, 7) is 10.5. The molecule has 0 saturated heterocycles. The number of hydrogen-bond donors (Lipinski definition) is 0. The van der Waals surface area contributed by atoms with Gasteiger partial charge in [-0.25, -0.2) is 4.79 Å². The number of nitrogens with zero attached hydrogens (tertiary/aromatic N) is 3. The highest BCUT2D eigenvalue weighted by atomic mass is 16.5. The molecule has 1 amide bonds. The number of aromatic nitrogens is 2. The molecule has 0 saturated carbocycles. The van der Waals surface area contributed by atoms with Crippen LogP contribution in [-0.4, -0.2) is 33.7 Å². The highest BCUT2D eigenvalue weighted by molar-refractivity contribution is 5.89. The Hall–Kier alpha value is -3.09. The van der Waals surface area contributed by atoms with E-state index in [1.165, 1.54) is 0 Å². The molecule has 29 heavy (non-hydrogen) atoms. The van der Waals surface area contributed by atoms with E-state index in [9.17, 15) is 9.59 Å². The summed E-state index contributed by atoms with van der Waals surface area (Å²) in [6, 6.07) is 3.67. The largest absolute Gasteiger partial charge is 0.480 e. The molecular weight excluding hydrogens is 370 g/mol. The molecule has 0 aliphatic carbocycles. The van der Waals surface area contributed by atoms with Crippen LogP contribution in [0, 0.1) is 20.8 Å². The highest BCUT2D eigenvalue weighted by Crippen LogP contribution is 2.31. The minimum Gasteiger partial charge on any atom is -0.480 e. The van der Waals surface area contributed by atoms with Gasteiger partial charge in [0, 0.05) is 37.5 Å². The lowest BCUT2D eigenvalue weighted by atomic mass is 10.0. The van der Waals surface area contributed by atoms with Crippen molar-refractivity contribution in [1.29, 1.82) is 0 Å². The zero-order valence-electron chi connectivity index (χ0n) is 17.8. The topological polar surface area (TPSA) is 77.6 Å². The normalized spacial score (nSPS) is 12.2. The Morgan fingerprint density at radius 2 is 2.00 bits per heavy atom. The van der Waals surface area contributed by atoms with Crippen molar-refractivity contribution in [3.05, 3.63) is 57.2 Å². The summed E-state index contributed by atoms with van der Waals surface area (Å²) >= 11 is 0. The van der Waals surface area contributed by atoms with Crippen molar-refractivity contribution in [3.8, 4) is 5.75 Å². The number of ether oxygens (including phenoxy) is 1. The minimum absolute atomic E-state index is 0.143. The smallest absolute Gasteiger partial charge is 0.339 e. The molecule has 3 aromatic rings. The van der Waals surface area contributed by atoms with Crippen LogP contribution in [-0.2, 0) is 17.9 Å². The Morgan fingerprint density at radius 3 is 2.66 bits per heavy atom. The van der Waals surface area contributed by atoms with Crippen molar-refractivity contribution in [2.24, 2.45) is 0 Å². The molecule has 0 fully saturated rings. The van der Waals surface area contributed by atoms with E-state index >= 15 is 0 Å². The first-order valence-corrected chi connectivity index (χ1v) is 9.68. The molecule has 1 aromatic carbocycles. The average molecular weight is 397 g/mol. The fraction of sp³-hybridized carbons (Fsp3) is 0.409. The third kappa shape index (κ3) is 4.18. The van der Waals surface area contributed by atoms with Gasteiger partial charge in [-0.2, -0.15) is 5.10 Å². The van der Waals surface area contributed by atoms with Crippen LogP contribution in [0.2, 0.25) is 0 Å². The van der Waals surface area contributed by atoms with Gasteiger partial charge in [0.25, 0.3) is 5.91 Å². The summed E-state index contributed by atoms with van der Waals surface area (Å²) in [6.07, 6.45) is 3.00.